The monoisotopic (exact) mass is 277 g/mol. The van der Waals surface area contributed by atoms with Crippen LogP contribution >= 0.6 is 0 Å². The lowest BCUT2D eigenvalue weighted by atomic mass is 10.1. The SMILES string of the molecule is CCC(C)N(CC)C(=O)Cc1ccc(C(N)=NO)cc1. The van der Waals surface area contributed by atoms with Gasteiger partial charge in [-0.25, -0.2) is 0 Å². The zero-order chi connectivity index (χ0) is 15.1. The topological polar surface area (TPSA) is 78.9 Å². The van der Waals surface area contributed by atoms with Crippen LogP contribution in [0.25, 0.3) is 0 Å². The van der Waals surface area contributed by atoms with Crippen molar-refractivity contribution in [2.24, 2.45) is 10.9 Å². The van der Waals surface area contributed by atoms with Gasteiger partial charge in [-0.15, -0.1) is 0 Å². The van der Waals surface area contributed by atoms with Gasteiger partial charge in [0, 0.05) is 18.2 Å². The van der Waals surface area contributed by atoms with Gasteiger partial charge in [-0.05, 0) is 25.8 Å². The first-order valence-electron chi connectivity index (χ1n) is 6.89. The first kappa shape index (κ1) is 16.0. The van der Waals surface area contributed by atoms with Crippen LogP contribution in [0.3, 0.4) is 0 Å². The molecule has 110 valence electrons. The minimum absolute atomic E-state index is 0.0673. The zero-order valence-electron chi connectivity index (χ0n) is 12.3. The Labute approximate surface area is 120 Å². The van der Waals surface area contributed by atoms with Crippen molar-refractivity contribution in [3.05, 3.63) is 35.4 Å². The van der Waals surface area contributed by atoms with E-state index in [9.17, 15) is 4.79 Å². The molecule has 0 bridgehead atoms. The number of rotatable bonds is 6. The predicted molar refractivity (Wildman–Crippen MR) is 79.8 cm³/mol. The quantitative estimate of drug-likeness (QED) is 0.361. The minimum atomic E-state index is 0.0673. The molecule has 1 atom stereocenters. The molecule has 0 saturated heterocycles. The number of hydrogen-bond donors (Lipinski definition) is 2. The maximum Gasteiger partial charge on any atom is 0.227 e. The average Bonchev–Trinajstić information content (AvgIpc) is 2.47. The Morgan fingerprint density at radius 2 is 1.95 bits per heavy atom. The van der Waals surface area contributed by atoms with Crippen molar-refractivity contribution in [3.8, 4) is 0 Å². The highest BCUT2D eigenvalue weighted by Crippen LogP contribution is 2.10. The first-order valence-corrected chi connectivity index (χ1v) is 6.89. The molecular formula is C15H23N3O2. The van der Waals surface area contributed by atoms with Crippen LogP contribution in [0.2, 0.25) is 0 Å². The van der Waals surface area contributed by atoms with Crippen LogP contribution in [0, 0.1) is 0 Å². The van der Waals surface area contributed by atoms with Gasteiger partial charge in [-0.1, -0.05) is 36.3 Å². The molecule has 20 heavy (non-hydrogen) atoms. The molecule has 1 unspecified atom stereocenters. The number of likely N-dealkylation sites (N-methyl/N-ethyl adjacent to an activating group) is 1. The smallest absolute Gasteiger partial charge is 0.227 e. The van der Waals surface area contributed by atoms with Crippen LogP contribution in [0.4, 0.5) is 0 Å². The Bertz CT molecular complexity index is 469. The third-order valence-corrected chi connectivity index (χ3v) is 3.50. The van der Waals surface area contributed by atoms with E-state index in [0.29, 0.717) is 12.0 Å². The van der Waals surface area contributed by atoms with Gasteiger partial charge < -0.3 is 15.8 Å². The summed E-state index contributed by atoms with van der Waals surface area (Å²) in [4.78, 5) is 14.1. The number of amides is 1. The van der Waals surface area contributed by atoms with E-state index in [2.05, 4.69) is 19.0 Å². The van der Waals surface area contributed by atoms with Crippen LogP contribution < -0.4 is 5.73 Å². The molecule has 5 heteroatoms. The summed E-state index contributed by atoms with van der Waals surface area (Å²) in [6.07, 6.45) is 1.32. The van der Waals surface area contributed by atoms with Gasteiger partial charge in [0.25, 0.3) is 0 Å². The van der Waals surface area contributed by atoms with Crippen molar-refractivity contribution in [1.82, 2.24) is 4.90 Å². The Hall–Kier alpha value is -2.04. The Morgan fingerprint density at radius 1 is 1.35 bits per heavy atom. The molecule has 0 radical (unpaired) electrons. The predicted octanol–water partition coefficient (Wildman–Crippen LogP) is 1.97. The van der Waals surface area contributed by atoms with Crippen LogP contribution in [0.15, 0.2) is 29.4 Å². The Morgan fingerprint density at radius 3 is 2.40 bits per heavy atom. The molecule has 1 rings (SSSR count). The minimum Gasteiger partial charge on any atom is -0.409 e. The standard InChI is InChI=1S/C15H23N3O2/c1-4-11(3)18(5-2)14(19)10-12-6-8-13(9-7-12)15(16)17-20/h6-9,11,20H,4-5,10H2,1-3H3,(H2,16,17). The second-order valence-electron chi connectivity index (χ2n) is 4.80. The lowest BCUT2D eigenvalue weighted by Crippen LogP contribution is -2.39. The van der Waals surface area contributed by atoms with E-state index in [1.807, 2.05) is 24.0 Å². The van der Waals surface area contributed by atoms with E-state index in [-0.39, 0.29) is 17.8 Å². The van der Waals surface area contributed by atoms with Gasteiger partial charge in [-0.2, -0.15) is 0 Å². The maximum absolute atomic E-state index is 12.3. The van der Waals surface area contributed by atoms with E-state index < -0.39 is 0 Å². The molecule has 0 aliphatic carbocycles. The van der Waals surface area contributed by atoms with E-state index in [0.717, 1.165) is 18.5 Å². The van der Waals surface area contributed by atoms with Crippen LogP contribution in [-0.2, 0) is 11.2 Å². The molecule has 0 aliphatic rings. The molecule has 0 aliphatic heterocycles. The molecule has 0 saturated carbocycles. The molecule has 5 nitrogen and oxygen atoms in total. The molecule has 0 spiro atoms. The lowest BCUT2D eigenvalue weighted by molar-refractivity contribution is -0.132. The molecule has 1 aromatic carbocycles. The first-order chi connectivity index (χ1) is 9.53. The van der Waals surface area contributed by atoms with Crippen molar-refractivity contribution in [3.63, 3.8) is 0 Å². The van der Waals surface area contributed by atoms with Crippen molar-refractivity contribution in [1.29, 1.82) is 0 Å². The molecule has 0 fully saturated rings. The summed E-state index contributed by atoms with van der Waals surface area (Å²) < 4.78 is 0. The molecular weight excluding hydrogens is 254 g/mol. The lowest BCUT2D eigenvalue weighted by Gasteiger charge is -2.27. The van der Waals surface area contributed by atoms with E-state index in [1.54, 1.807) is 12.1 Å². The number of amidine groups is 1. The average molecular weight is 277 g/mol. The summed E-state index contributed by atoms with van der Waals surface area (Å²) in [6.45, 7) is 6.84. The summed E-state index contributed by atoms with van der Waals surface area (Å²) in [5.41, 5.74) is 7.06. The molecule has 1 amide bonds. The van der Waals surface area contributed by atoms with Crippen LogP contribution in [-0.4, -0.2) is 34.4 Å². The summed E-state index contributed by atoms with van der Waals surface area (Å²) in [6, 6.07) is 7.41. The van der Waals surface area contributed by atoms with Gasteiger partial charge in [0.2, 0.25) is 5.91 Å². The number of oxime groups is 1. The second kappa shape index (κ2) is 7.53. The number of carbonyl (C=O) groups excluding carboxylic acids is 1. The summed E-state index contributed by atoms with van der Waals surface area (Å²) >= 11 is 0. The molecule has 1 aromatic rings. The van der Waals surface area contributed by atoms with Crippen molar-refractivity contribution < 1.29 is 10.0 Å². The third kappa shape index (κ3) is 3.98. The largest absolute Gasteiger partial charge is 0.409 e. The number of carbonyl (C=O) groups is 1. The molecule has 0 aromatic heterocycles. The highest BCUT2D eigenvalue weighted by molar-refractivity contribution is 5.97. The van der Waals surface area contributed by atoms with Gasteiger partial charge >= 0.3 is 0 Å². The third-order valence-electron chi connectivity index (χ3n) is 3.50. The fourth-order valence-electron chi connectivity index (χ4n) is 2.08. The second-order valence-corrected chi connectivity index (χ2v) is 4.80. The number of nitrogens with zero attached hydrogens (tertiary/aromatic N) is 2. The van der Waals surface area contributed by atoms with Crippen LogP contribution in [0.1, 0.15) is 38.3 Å². The molecule has 3 N–H and O–H groups in total. The van der Waals surface area contributed by atoms with Crippen molar-refractivity contribution in [2.75, 3.05) is 6.54 Å². The fraction of sp³-hybridized carbons (Fsp3) is 0.467. The van der Waals surface area contributed by atoms with E-state index in [1.165, 1.54) is 0 Å². The normalized spacial score (nSPS) is 13.1. The van der Waals surface area contributed by atoms with Crippen LogP contribution in [0.5, 0.6) is 0 Å². The van der Waals surface area contributed by atoms with Gasteiger partial charge in [0.1, 0.15) is 0 Å². The summed E-state index contributed by atoms with van der Waals surface area (Å²) in [5, 5.41) is 11.5. The highest BCUT2D eigenvalue weighted by atomic mass is 16.4. The van der Waals surface area contributed by atoms with Crippen molar-refractivity contribution >= 4 is 11.7 Å². The number of benzene rings is 1. The van der Waals surface area contributed by atoms with E-state index in [4.69, 9.17) is 10.9 Å². The maximum atomic E-state index is 12.3. The summed E-state index contributed by atoms with van der Waals surface area (Å²) in [5.74, 6) is 0.191. The fourth-order valence-corrected chi connectivity index (χ4v) is 2.08. The van der Waals surface area contributed by atoms with Gasteiger partial charge in [-0.3, -0.25) is 4.79 Å². The van der Waals surface area contributed by atoms with Gasteiger partial charge in [0.15, 0.2) is 5.84 Å². The Kier molecular flexibility index (Phi) is 6.03. The Balaban J connectivity index is 2.75. The summed E-state index contributed by atoms with van der Waals surface area (Å²) in [7, 11) is 0. The highest BCUT2D eigenvalue weighted by Gasteiger charge is 2.17. The van der Waals surface area contributed by atoms with Crippen molar-refractivity contribution in [2.45, 2.75) is 39.7 Å². The van der Waals surface area contributed by atoms with E-state index >= 15 is 0 Å². The number of nitrogens with two attached hydrogens (primary N) is 1. The number of hydrogen-bond acceptors (Lipinski definition) is 3. The van der Waals surface area contributed by atoms with Gasteiger partial charge in [0.05, 0.1) is 6.42 Å². The zero-order valence-corrected chi connectivity index (χ0v) is 12.3. The molecule has 0 heterocycles.